The summed E-state index contributed by atoms with van der Waals surface area (Å²) in [7, 11) is 0. The van der Waals surface area contributed by atoms with E-state index in [-0.39, 0.29) is 0 Å². The van der Waals surface area contributed by atoms with E-state index >= 15 is 0 Å². The molecule has 1 atom stereocenters. The van der Waals surface area contributed by atoms with Gasteiger partial charge in [0.25, 0.3) is 0 Å². The van der Waals surface area contributed by atoms with Gasteiger partial charge >= 0.3 is 0 Å². The van der Waals surface area contributed by atoms with E-state index in [0.29, 0.717) is 5.92 Å². The summed E-state index contributed by atoms with van der Waals surface area (Å²) in [6.45, 7) is 8.50. The number of aryl methyl sites for hydroxylation is 1. The van der Waals surface area contributed by atoms with Crippen LogP contribution in [0.3, 0.4) is 0 Å². The molecule has 3 rings (SSSR count). The highest BCUT2D eigenvalue weighted by Crippen LogP contribution is 2.17. The zero-order valence-electron chi connectivity index (χ0n) is 12.3. The summed E-state index contributed by atoms with van der Waals surface area (Å²) in [5, 5.41) is 8.14. The first-order valence-electron chi connectivity index (χ1n) is 7.56. The zero-order valence-corrected chi connectivity index (χ0v) is 12.3. The largest absolute Gasteiger partial charge is 0.339 e. The van der Waals surface area contributed by atoms with Gasteiger partial charge in [-0.3, -0.25) is 0 Å². The van der Waals surface area contributed by atoms with Gasteiger partial charge in [-0.2, -0.15) is 4.98 Å². The van der Waals surface area contributed by atoms with Crippen molar-refractivity contribution in [3.05, 3.63) is 23.9 Å². The van der Waals surface area contributed by atoms with E-state index in [1.807, 2.05) is 16.6 Å². The molecule has 20 heavy (non-hydrogen) atoms. The molecule has 1 aliphatic rings. The number of hydrogen-bond donors (Lipinski definition) is 1. The lowest BCUT2D eigenvalue weighted by molar-refractivity contribution is 0.376. The van der Waals surface area contributed by atoms with Crippen molar-refractivity contribution in [2.75, 3.05) is 31.1 Å². The molecule has 1 unspecified atom stereocenters. The van der Waals surface area contributed by atoms with E-state index in [9.17, 15) is 0 Å². The molecule has 5 heteroatoms. The summed E-state index contributed by atoms with van der Waals surface area (Å²) in [4.78, 5) is 6.96. The Labute approximate surface area is 120 Å². The molecule has 0 aromatic carbocycles. The fraction of sp³-hybridized carbons (Fsp3) is 0.600. The highest BCUT2D eigenvalue weighted by molar-refractivity contribution is 5.45. The lowest BCUT2D eigenvalue weighted by atomic mass is 9.99. The van der Waals surface area contributed by atoms with Crippen LogP contribution in [0.1, 0.15) is 25.5 Å². The van der Waals surface area contributed by atoms with Crippen LogP contribution in [-0.2, 0) is 0 Å². The van der Waals surface area contributed by atoms with Gasteiger partial charge < -0.3 is 10.2 Å². The van der Waals surface area contributed by atoms with E-state index in [1.54, 1.807) is 0 Å². The molecular formula is C15H23N5. The number of nitrogens with one attached hydrogen (secondary N) is 1. The second-order valence-electron chi connectivity index (χ2n) is 5.60. The van der Waals surface area contributed by atoms with Crippen LogP contribution < -0.4 is 10.2 Å². The summed E-state index contributed by atoms with van der Waals surface area (Å²) in [6, 6.07) is 6.11. The number of fused-ring (bicyclic) bond motifs is 1. The maximum atomic E-state index is 4.67. The average molecular weight is 273 g/mol. The Kier molecular flexibility index (Phi) is 3.87. The molecule has 0 radical (unpaired) electrons. The van der Waals surface area contributed by atoms with E-state index < -0.39 is 0 Å². The summed E-state index contributed by atoms with van der Waals surface area (Å²) in [5.41, 5.74) is 2.05. The molecular weight excluding hydrogens is 250 g/mol. The first kappa shape index (κ1) is 13.4. The predicted octanol–water partition coefficient (Wildman–Crippen LogP) is 1.86. The van der Waals surface area contributed by atoms with Crippen molar-refractivity contribution >= 4 is 11.6 Å². The third-order valence-corrected chi connectivity index (χ3v) is 4.08. The number of aromatic nitrogens is 3. The number of anilines is 1. The van der Waals surface area contributed by atoms with Crippen molar-refractivity contribution < 1.29 is 0 Å². The maximum Gasteiger partial charge on any atom is 0.245 e. The Morgan fingerprint density at radius 3 is 3.05 bits per heavy atom. The quantitative estimate of drug-likeness (QED) is 0.923. The summed E-state index contributed by atoms with van der Waals surface area (Å²) in [6.07, 6.45) is 2.58. The molecule has 2 aromatic heterocycles. The summed E-state index contributed by atoms with van der Waals surface area (Å²) >= 11 is 0. The average Bonchev–Trinajstić information content (AvgIpc) is 2.91. The van der Waals surface area contributed by atoms with E-state index in [1.165, 1.54) is 12.8 Å². The number of piperidine rings is 1. The van der Waals surface area contributed by atoms with Gasteiger partial charge in [0.05, 0.1) is 0 Å². The monoisotopic (exact) mass is 273 g/mol. The van der Waals surface area contributed by atoms with Gasteiger partial charge in [0, 0.05) is 18.8 Å². The van der Waals surface area contributed by atoms with Crippen LogP contribution >= 0.6 is 0 Å². The predicted molar refractivity (Wildman–Crippen MR) is 81.2 cm³/mol. The maximum absolute atomic E-state index is 4.67. The van der Waals surface area contributed by atoms with Gasteiger partial charge in [0.2, 0.25) is 5.95 Å². The molecule has 108 valence electrons. The third kappa shape index (κ3) is 2.63. The van der Waals surface area contributed by atoms with Gasteiger partial charge in [-0.1, -0.05) is 6.07 Å². The van der Waals surface area contributed by atoms with Crippen LogP contribution in [0.25, 0.3) is 5.65 Å². The molecule has 0 amide bonds. The zero-order chi connectivity index (χ0) is 13.9. The SMILES string of the molecule is CCN(CC1CCCNC1)c1nc2cccc(C)n2n1. The number of pyridine rings is 1. The normalized spacial score (nSPS) is 19.4. The topological polar surface area (TPSA) is 45.5 Å². The fourth-order valence-corrected chi connectivity index (χ4v) is 2.90. The minimum Gasteiger partial charge on any atom is -0.339 e. The molecule has 1 saturated heterocycles. The Bertz CT molecular complexity index is 571. The molecule has 0 bridgehead atoms. The fourth-order valence-electron chi connectivity index (χ4n) is 2.90. The first-order valence-corrected chi connectivity index (χ1v) is 7.56. The van der Waals surface area contributed by atoms with Crippen molar-refractivity contribution in [1.29, 1.82) is 0 Å². The standard InChI is InChI=1S/C15H23N5/c1-3-19(11-13-7-5-9-16-10-13)15-17-14-8-4-6-12(2)20(14)18-15/h4,6,8,13,16H,3,5,7,9-11H2,1-2H3. The van der Waals surface area contributed by atoms with Crippen LogP contribution in [0.15, 0.2) is 18.2 Å². The van der Waals surface area contributed by atoms with Crippen LogP contribution in [0.4, 0.5) is 5.95 Å². The van der Waals surface area contributed by atoms with E-state index in [4.69, 9.17) is 0 Å². The Balaban J connectivity index is 1.81. The molecule has 0 saturated carbocycles. The van der Waals surface area contributed by atoms with E-state index in [0.717, 1.165) is 43.5 Å². The lowest BCUT2D eigenvalue weighted by Crippen LogP contribution is -2.38. The second kappa shape index (κ2) is 5.79. The van der Waals surface area contributed by atoms with Crippen molar-refractivity contribution in [3.8, 4) is 0 Å². The first-order chi connectivity index (χ1) is 9.78. The van der Waals surface area contributed by atoms with Crippen molar-refractivity contribution in [3.63, 3.8) is 0 Å². The number of nitrogens with zero attached hydrogens (tertiary/aromatic N) is 4. The molecule has 5 nitrogen and oxygen atoms in total. The Hall–Kier alpha value is -1.62. The smallest absolute Gasteiger partial charge is 0.245 e. The molecule has 0 aliphatic carbocycles. The van der Waals surface area contributed by atoms with Crippen molar-refractivity contribution in [2.24, 2.45) is 5.92 Å². The highest BCUT2D eigenvalue weighted by atomic mass is 15.4. The third-order valence-electron chi connectivity index (χ3n) is 4.08. The van der Waals surface area contributed by atoms with Crippen LogP contribution in [-0.4, -0.2) is 40.8 Å². The molecule has 0 spiro atoms. The van der Waals surface area contributed by atoms with Crippen LogP contribution in [0.5, 0.6) is 0 Å². The van der Waals surface area contributed by atoms with Crippen LogP contribution in [0.2, 0.25) is 0 Å². The Morgan fingerprint density at radius 1 is 1.45 bits per heavy atom. The summed E-state index contributed by atoms with van der Waals surface area (Å²) in [5.74, 6) is 1.56. The Morgan fingerprint density at radius 2 is 2.35 bits per heavy atom. The minimum atomic E-state index is 0.705. The molecule has 3 heterocycles. The van der Waals surface area contributed by atoms with Gasteiger partial charge in [-0.05, 0) is 57.8 Å². The van der Waals surface area contributed by atoms with Crippen LogP contribution in [0, 0.1) is 12.8 Å². The van der Waals surface area contributed by atoms with Gasteiger partial charge in [0.15, 0.2) is 5.65 Å². The van der Waals surface area contributed by atoms with Gasteiger partial charge in [-0.15, -0.1) is 5.10 Å². The highest BCUT2D eigenvalue weighted by Gasteiger charge is 2.19. The second-order valence-corrected chi connectivity index (χ2v) is 5.60. The van der Waals surface area contributed by atoms with Crippen molar-refractivity contribution in [2.45, 2.75) is 26.7 Å². The molecule has 1 aliphatic heterocycles. The van der Waals surface area contributed by atoms with Gasteiger partial charge in [0.1, 0.15) is 0 Å². The molecule has 1 N–H and O–H groups in total. The number of hydrogen-bond acceptors (Lipinski definition) is 4. The van der Waals surface area contributed by atoms with Crippen molar-refractivity contribution in [1.82, 2.24) is 19.9 Å². The van der Waals surface area contributed by atoms with Gasteiger partial charge in [-0.25, -0.2) is 4.52 Å². The summed E-state index contributed by atoms with van der Waals surface area (Å²) < 4.78 is 1.93. The molecule has 1 fully saturated rings. The van der Waals surface area contributed by atoms with E-state index in [2.05, 4.69) is 40.2 Å². The minimum absolute atomic E-state index is 0.705. The number of rotatable bonds is 4. The molecule has 2 aromatic rings. The lowest BCUT2D eigenvalue weighted by Gasteiger charge is -2.28.